The molecule has 2 aromatic rings. The summed E-state index contributed by atoms with van der Waals surface area (Å²) in [6.45, 7) is 2.89. The smallest absolute Gasteiger partial charge is 0.111 e. The lowest BCUT2D eigenvalue weighted by molar-refractivity contribution is 0.770. The quantitative estimate of drug-likeness (QED) is 0.676. The standard InChI is InChI=1S/C11H11N2/c1-10-7-12-9-13(10)8-11-5-3-2-4-6-11/h2-6,9H,8H2,1H3. The predicted octanol–water partition coefficient (Wildman–Crippen LogP) is 2.04. The Bertz CT molecular complexity index is 376. The van der Waals surface area contributed by atoms with Gasteiger partial charge in [-0.3, -0.25) is 0 Å². The number of aromatic nitrogens is 2. The predicted molar refractivity (Wildman–Crippen MR) is 51.3 cm³/mol. The maximum atomic E-state index is 3.96. The van der Waals surface area contributed by atoms with Crippen molar-refractivity contribution in [2.45, 2.75) is 13.5 Å². The number of rotatable bonds is 2. The van der Waals surface area contributed by atoms with Crippen molar-refractivity contribution >= 4 is 0 Å². The van der Waals surface area contributed by atoms with Gasteiger partial charge in [-0.2, -0.15) is 0 Å². The summed E-state index contributed by atoms with van der Waals surface area (Å²) in [5, 5.41) is 0. The Hall–Kier alpha value is -1.57. The van der Waals surface area contributed by atoms with E-state index in [0.29, 0.717) is 0 Å². The van der Waals surface area contributed by atoms with Crippen LogP contribution in [0.1, 0.15) is 11.3 Å². The van der Waals surface area contributed by atoms with Gasteiger partial charge in [0, 0.05) is 12.2 Å². The molecule has 0 atom stereocenters. The Morgan fingerprint density at radius 2 is 2.08 bits per heavy atom. The van der Waals surface area contributed by atoms with Crippen LogP contribution in [-0.4, -0.2) is 9.55 Å². The van der Waals surface area contributed by atoms with E-state index in [2.05, 4.69) is 27.9 Å². The Morgan fingerprint density at radius 3 is 2.69 bits per heavy atom. The van der Waals surface area contributed by atoms with E-state index >= 15 is 0 Å². The van der Waals surface area contributed by atoms with E-state index in [1.807, 2.05) is 31.5 Å². The van der Waals surface area contributed by atoms with Crippen molar-refractivity contribution in [3.63, 3.8) is 0 Å². The van der Waals surface area contributed by atoms with Crippen molar-refractivity contribution in [1.29, 1.82) is 0 Å². The molecule has 0 aliphatic carbocycles. The Kier molecular flexibility index (Phi) is 2.13. The Morgan fingerprint density at radius 1 is 1.31 bits per heavy atom. The van der Waals surface area contributed by atoms with Gasteiger partial charge in [0.2, 0.25) is 0 Å². The monoisotopic (exact) mass is 171 g/mol. The fraction of sp³-hybridized carbons (Fsp3) is 0.182. The Labute approximate surface area is 77.9 Å². The van der Waals surface area contributed by atoms with Gasteiger partial charge in [0.25, 0.3) is 0 Å². The maximum absolute atomic E-state index is 3.96. The molecule has 13 heavy (non-hydrogen) atoms. The van der Waals surface area contributed by atoms with Crippen LogP contribution in [0.2, 0.25) is 0 Å². The summed E-state index contributed by atoms with van der Waals surface area (Å²) >= 11 is 0. The highest BCUT2D eigenvalue weighted by atomic mass is 15.0. The summed E-state index contributed by atoms with van der Waals surface area (Å²) in [7, 11) is 0. The van der Waals surface area contributed by atoms with Crippen LogP contribution in [0.25, 0.3) is 0 Å². The summed E-state index contributed by atoms with van der Waals surface area (Å²) in [5.41, 5.74) is 2.36. The summed E-state index contributed by atoms with van der Waals surface area (Å²) in [6, 6.07) is 10.3. The van der Waals surface area contributed by atoms with Crippen LogP contribution in [0, 0.1) is 13.1 Å². The first kappa shape index (κ1) is 8.05. The zero-order valence-corrected chi connectivity index (χ0v) is 7.57. The van der Waals surface area contributed by atoms with Gasteiger partial charge >= 0.3 is 0 Å². The van der Waals surface area contributed by atoms with Crippen LogP contribution < -0.4 is 0 Å². The highest BCUT2D eigenvalue weighted by molar-refractivity contribution is 5.15. The molecule has 2 heteroatoms. The number of imidazole rings is 1. The van der Waals surface area contributed by atoms with Crippen LogP contribution in [0.4, 0.5) is 0 Å². The van der Waals surface area contributed by atoms with Crippen molar-refractivity contribution in [2.75, 3.05) is 0 Å². The zero-order valence-electron chi connectivity index (χ0n) is 7.57. The van der Waals surface area contributed by atoms with Crippen LogP contribution in [0.5, 0.6) is 0 Å². The van der Waals surface area contributed by atoms with Crippen molar-refractivity contribution in [2.24, 2.45) is 0 Å². The summed E-state index contributed by atoms with van der Waals surface area (Å²) in [6.07, 6.45) is 4.71. The second-order valence-electron chi connectivity index (χ2n) is 3.06. The molecule has 0 amide bonds. The number of nitrogens with zero attached hydrogens (tertiary/aromatic N) is 2. The number of hydrogen-bond acceptors (Lipinski definition) is 1. The minimum Gasteiger partial charge on any atom is -0.330 e. The number of benzene rings is 1. The van der Waals surface area contributed by atoms with E-state index in [1.165, 1.54) is 5.56 Å². The van der Waals surface area contributed by atoms with E-state index in [0.717, 1.165) is 12.2 Å². The molecule has 0 N–H and O–H groups in total. The fourth-order valence-electron chi connectivity index (χ4n) is 1.28. The first-order valence-corrected chi connectivity index (χ1v) is 4.29. The average molecular weight is 171 g/mol. The molecule has 1 heterocycles. The molecule has 0 unspecified atom stereocenters. The molecule has 1 aromatic carbocycles. The van der Waals surface area contributed by atoms with E-state index in [9.17, 15) is 0 Å². The molecule has 0 aliphatic heterocycles. The van der Waals surface area contributed by atoms with Crippen molar-refractivity contribution in [3.05, 3.63) is 54.1 Å². The third kappa shape index (κ3) is 1.78. The van der Waals surface area contributed by atoms with Gasteiger partial charge in [-0.25, -0.2) is 4.98 Å². The third-order valence-corrected chi connectivity index (χ3v) is 2.05. The maximum Gasteiger partial charge on any atom is 0.111 e. The third-order valence-electron chi connectivity index (χ3n) is 2.05. The highest BCUT2D eigenvalue weighted by Crippen LogP contribution is 2.04. The van der Waals surface area contributed by atoms with Crippen molar-refractivity contribution in [3.8, 4) is 0 Å². The van der Waals surface area contributed by atoms with E-state index in [-0.39, 0.29) is 0 Å². The van der Waals surface area contributed by atoms with Crippen LogP contribution in [0.15, 0.2) is 36.7 Å². The van der Waals surface area contributed by atoms with E-state index < -0.39 is 0 Å². The summed E-state index contributed by atoms with van der Waals surface area (Å²) < 4.78 is 2.08. The first-order valence-electron chi connectivity index (χ1n) is 4.29. The molecular formula is C11H11N2. The minimum absolute atomic E-state index is 0.878. The van der Waals surface area contributed by atoms with Crippen LogP contribution >= 0.6 is 0 Å². The number of aryl methyl sites for hydroxylation is 1. The molecule has 0 bridgehead atoms. The zero-order chi connectivity index (χ0) is 9.10. The molecule has 0 fully saturated rings. The van der Waals surface area contributed by atoms with Gasteiger partial charge in [-0.1, -0.05) is 30.3 Å². The molecule has 65 valence electrons. The normalized spacial score (nSPS) is 10.2. The minimum atomic E-state index is 0.878. The van der Waals surface area contributed by atoms with Gasteiger partial charge in [0.15, 0.2) is 0 Å². The lowest BCUT2D eigenvalue weighted by Crippen LogP contribution is -1.99. The van der Waals surface area contributed by atoms with Gasteiger partial charge in [-0.05, 0) is 12.5 Å². The summed E-state index contributed by atoms with van der Waals surface area (Å²) in [4.78, 5) is 3.96. The van der Waals surface area contributed by atoms with Crippen molar-refractivity contribution < 1.29 is 0 Å². The molecule has 0 aliphatic rings. The molecule has 2 rings (SSSR count). The molecule has 0 saturated carbocycles. The van der Waals surface area contributed by atoms with Crippen LogP contribution in [0.3, 0.4) is 0 Å². The SMILES string of the molecule is Cc1[c]ncn1Cc1ccccc1. The molecule has 1 aromatic heterocycles. The van der Waals surface area contributed by atoms with Crippen LogP contribution in [-0.2, 0) is 6.54 Å². The van der Waals surface area contributed by atoms with Gasteiger partial charge < -0.3 is 4.57 Å². The lowest BCUT2D eigenvalue weighted by atomic mass is 10.2. The molecule has 1 radical (unpaired) electrons. The summed E-state index contributed by atoms with van der Waals surface area (Å²) in [5.74, 6) is 0. The Balaban J connectivity index is 2.20. The van der Waals surface area contributed by atoms with Gasteiger partial charge in [0.05, 0.1) is 6.33 Å². The molecule has 2 nitrogen and oxygen atoms in total. The number of hydrogen-bond donors (Lipinski definition) is 0. The molecule has 0 spiro atoms. The van der Waals surface area contributed by atoms with E-state index in [4.69, 9.17) is 0 Å². The van der Waals surface area contributed by atoms with E-state index in [1.54, 1.807) is 0 Å². The average Bonchev–Trinajstić information content (AvgIpc) is 2.54. The van der Waals surface area contributed by atoms with Gasteiger partial charge in [0.1, 0.15) is 6.20 Å². The molecule has 0 saturated heterocycles. The fourth-order valence-corrected chi connectivity index (χ4v) is 1.28. The second-order valence-corrected chi connectivity index (χ2v) is 3.06. The lowest BCUT2D eigenvalue weighted by Gasteiger charge is -2.03. The molecular weight excluding hydrogens is 160 g/mol. The highest BCUT2D eigenvalue weighted by Gasteiger charge is 1.97. The second kappa shape index (κ2) is 3.44. The van der Waals surface area contributed by atoms with Gasteiger partial charge in [-0.15, -0.1) is 0 Å². The first-order chi connectivity index (χ1) is 6.36. The topological polar surface area (TPSA) is 17.8 Å². The van der Waals surface area contributed by atoms with Crippen molar-refractivity contribution in [1.82, 2.24) is 9.55 Å². The largest absolute Gasteiger partial charge is 0.330 e.